The fourth-order valence-electron chi connectivity index (χ4n) is 3.20. The van der Waals surface area contributed by atoms with Crippen LogP contribution in [0.4, 0.5) is 0 Å². The molecular weight excluding hydrogens is 284 g/mol. The van der Waals surface area contributed by atoms with Crippen molar-refractivity contribution in [3.63, 3.8) is 0 Å². The average Bonchev–Trinajstić information content (AvgIpc) is 3.23. The van der Waals surface area contributed by atoms with Gasteiger partial charge in [0.1, 0.15) is 11.7 Å². The molecule has 1 N–H and O–H groups in total. The van der Waals surface area contributed by atoms with Crippen molar-refractivity contribution >= 4 is 17.5 Å². The maximum absolute atomic E-state index is 12.7. The Morgan fingerprint density at radius 3 is 2.43 bits per heavy atom. The van der Waals surface area contributed by atoms with Gasteiger partial charge < -0.3 is 4.90 Å². The molecule has 1 unspecified atom stereocenters. The van der Waals surface area contributed by atoms with Crippen LogP contribution in [-0.4, -0.2) is 22.9 Å². The molecule has 0 radical (unpaired) electrons. The summed E-state index contributed by atoms with van der Waals surface area (Å²) in [6.07, 6.45) is 4.16. The molecule has 1 saturated carbocycles. The number of nitrogens with zero attached hydrogens (tertiary/aromatic N) is 1. The molecule has 1 aliphatic heterocycles. The van der Waals surface area contributed by atoms with Crippen LogP contribution < -0.4 is 5.32 Å². The Labute approximate surface area is 131 Å². The van der Waals surface area contributed by atoms with E-state index in [4.69, 9.17) is 11.6 Å². The molecule has 1 aromatic carbocycles. The minimum atomic E-state index is -0.268. The van der Waals surface area contributed by atoms with Crippen molar-refractivity contribution in [1.82, 2.24) is 10.2 Å². The molecule has 2 aliphatic rings. The summed E-state index contributed by atoms with van der Waals surface area (Å²) in [5, 5.41) is 4.30. The van der Waals surface area contributed by atoms with E-state index in [2.05, 4.69) is 19.2 Å². The molecule has 1 heterocycles. The highest BCUT2D eigenvalue weighted by Gasteiger charge is 2.59. The van der Waals surface area contributed by atoms with E-state index in [9.17, 15) is 4.79 Å². The van der Waals surface area contributed by atoms with Crippen molar-refractivity contribution in [2.45, 2.75) is 51.2 Å². The first-order valence-electron chi connectivity index (χ1n) is 7.94. The standard InChI is InChI=1S/C17H23ClN2O/c1-3-12(4-2)11-20-15(13-5-7-14(18)8-6-13)19-17(9-10-17)16(20)21/h5-8,12,15,19H,3-4,9-11H2,1-2H3. The number of rotatable bonds is 5. The SMILES string of the molecule is CCC(CC)CN1C(=O)C2(CC2)NC1c1ccc(Cl)cc1. The molecule has 114 valence electrons. The Balaban J connectivity index is 1.85. The Morgan fingerprint density at radius 2 is 1.90 bits per heavy atom. The van der Waals surface area contributed by atoms with Gasteiger partial charge in [0.25, 0.3) is 0 Å². The molecule has 0 aromatic heterocycles. The highest BCUT2D eigenvalue weighted by molar-refractivity contribution is 6.30. The minimum Gasteiger partial charge on any atom is -0.321 e. The fraction of sp³-hybridized carbons (Fsp3) is 0.588. The zero-order valence-corrected chi connectivity index (χ0v) is 13.5. The van der Waals surface area contributed by atoms with E-state index in [1.165, 1.54) is 0 Å². The van der Waals surface area contributed by atoms with Gasteiger partial charge in [-0.1, -0.05) is 50.4 Å². The van der Waals surface area contributed by atoms with E-state index >= 15 is 0 Å². The smallest absolute Gasteiger partial charge is 0.244 e. The largest absolute Gasteiger partial charge is 0.321 e. The molecule has 3 nitrogen and oxygen atoms in total. The number of carbonyl (C=O) groups is 1. The normalized spacial score (nSPS) is 23.3. The van der Waals surface area contributed by atoms with Gasteiger partial charge in [-0.05, 0) is 36.5 Å². The summed E-state index contributed by atoms with van der Waals surface area (Å²) in [7, 11) is 0. The first-order chi connectivity index (χ1) is 10.1. The summed E-state index contributed by atoms with van der Waals surface area (Å²) in [5.41, 5.74) is 0.860. The lowest BCUT2D eigenvalue weighted by Crippen LogP contribution is -2.35. The van der Waals surface area contributed by atoms with Crippen LogP contribution in [0.2, 0.25) is 5.02 Å². The van der Waals surface area contributed by atoms with Crippen LogP contribution in [0.25, 0.3) is 0 Å². The molecule has 1 aromatic rings. The van der Waals surface area contributed by atoms with Gasteiger partial charge in [-0.15, -0.1) is 0 Å². The molecule has 1 aliphatic carbocycles. The molecule has 3 rings (SSSR count). The van der Waals surface area contributed by atoms with Crippen LogP contribution in [0, 0.1) is 5.92 Å². The van der Waals surface area contributed by atoms with Gasteiger partial charge in [-0.25, -0.2) is 0 Å². The van der Waals surface area contributed by atoms with Gasteiger partial charge in [-0.3, -0.25) is 10.1 Å². The van der Waals surface area contributed by atoms with Gasteiger partial charge in [-0.2, -0.15) is 0 Å². The van der Waals surface area contributed by atoms with Crippen LogP contribution in [0.1, 0.15) is 51.3 Å². The molecule has 1 atom stereocenters. The quantitative estimate of drug-likeness (QED) is 0.899. The summed E-state index contributed by atoms with van der Waals surface area (Å²) in [4.78, 5) is 14.8. The minimum absolute atomic E-state index is 0.00198. The number of halogens is 1. The lowest BCUT2D eigenvalue weighted by atomic mass is 10.0. The number of amides is 1. The van der Waals surface area contributed by atoms with Crippen LogP contribution in [-0.2, 0) is 4.79 Å². The summed E-state index contributed by atoms with van der Waals surface area (Å²) in [5.74, 6) is 0.855. The molecule has 4 heteroatoms. The maximum atomic E-state index is 12.7. The number of hydrogen-bond donors (Lipinski definition) is 1. The van der Waals surface area contributed by atoms with Crippen molar-refractivity contribution in [1.29, 1.82) is 0 Å². The fourth-order valence-corrected chi connectivity index (χ4v) is 3.32. The lowest BCUT2D eigenvalue weighted by molar-refractivity contribution is -0.131. The molecular formula is C17H23ClN2O. The highest BCUT2D eigenvalue weighted by Crippen LogP contribution is 2.46. The summed E-state index contributed by atoms with van der Waals surface area (Å²) in [6, 6.07) is 7.84. The number of hydrogen-bond acceptors (Lipinski definition) is 2. The van der Waals surface area contributed by atoms with Gasteiger partial charge in [0, 0.05) is 11.6 Å². The number of carbonyl (C=O) groups excluding carboxylic acids is 1. The van der Waals surface area contributed by atoms with Gasteiger partial charge in [0.15, 0.2) is 0 Å². The molecule has 1 spiro atoms. The van der Waals surface area contributed by atoms with Crippen LogP contribution in [0.3, 0.4) is 0 Å². The van der Waals surface area contributed by atoms with E-state index in [1.54, 1.807) is 0 Å². The number of nitrogens with one attached hydrogen (secondary N) is 1. The zero-order chi connectivity index (χ0) is 15.0. The predicted octanol–water partition coefficient (Wildman–Crippen LogP) is 3.74. The average molecular weight is 307 g/mol. The molecule has 1 saturated heterocycles. The Morgan fingerprint density at radius 1 is 1.29 bits per heavy atom. The second kappa shape index (κ2) is 5.62. The van der Waals surface area contributed by atoms with Crippen molar-refractivity contribution in [2.75, 3.05) is 6.54 Å². The van der Waals surface area contributed by atoms with Crippen LogP contribution in [0.5, 0.6) is 0 Å². The first kappa shape index (κ1) is 14.9. The van der Waals surface area contributed by atoms with Crippen LogP contribution in [0.15, 0.2) is 24.3 Å². The summed E-state index contributed by atoms with van der Waals surface area (Å²) >= 11 is 5.98. The topological polar surface area (TPSA) is 32.3 Å². The predicted molar refractivity (Wildman–Crippen MR) is 85.1 cm³/mol. The Bertz CT molecular complexity index is 520. The second-order valence-corrected chi connectivity index (χ2v) is 6.76. The molecule has 1 amide bonds. The summed E-state index contributed by atoms with van der Waals surface area (Å²) < 4.78 is 0. The van der Waals surface area contributed by atoms with Crippen molar-refractivity contribution in [3.8, 4) is 0 Å². The molecule has 2 fully saturated rings. The lowest BCUT2D eigenvalue weighted by Gasteiger charge is -2.28. The Kier molecular flexibility index (Phi) is 3.98. The van der Waals surface area contributed by atoms with Gasteiger partial charge >= 0.3 is 0 Å². The first-order valence-corrected chi connectivity index (χ1v) is 8.31. The summed E-state index contributed by atoms with van der Waals surface area (Å²) in [6.45, 7) is 5.24. The third-order valence-electron chi connectivity index (χ3n) is 4.94. The molecule has 0 bridgehead atoms. The van der Waals surface area contributed by atoms with Crippen molar-refractivity contribution < 1.29 is 4.79 Å². The third-order valence-corrected chi connectivity index (χ3v) is 5.19. The van der Waals surface area contributed by atoms with E-state index in [1.807, 2.05) is 29.2 Å². The molecule has 21 heavy (non-hydrogen) atoms. The Hall–Kier alpha value is -1.06. The maximum Gasteiger partial charge on any atom is 0.244 e. The van der Waals surface area contributed by atoms with Crippen molar-refractivity contribution in [3.05, 3.63) is 34.9 Å². The zero-order valence-electron chi connectivity index (χ0n) is 12.7. The monoisotopic (exact) mass is 306 g/mol. The number of benzene rings is 1. The highest BCUT2D eigenvalue weighted by atomic mass is 35.5. The van der Waals surface area contributed by atoms with E-state index < -0.39 is 0 Å². The third kappa shape index (κ3) is 2.69. The van der Waals surface area contributed by atoms with Gasteiger partial charge in [0.05, 0.1) is 0 Å². The van der Waals surface area contributed by atoms with Crippen molar-refractivity contribution in [2.24, 2.45) is 5.92 Å². The van der Waals surface area contributed by atoms with Crippen LogP contribution >= 0.6 is 11.6 Å². The van der Waals surface area contributed by atoms with E-state index in [0.29, 0.717) is 5.92 Å². The van der Waals surface area contributed by atoms with Gasteiger partial charge in [0.2, 0.25) is 5.91 Å². The van der Waals surface area contributed by atoms with E-state index in [0.717, 1.165) is 42.8 Å². The second-order valence-electron chi connectivity index (χ2n) is 6.32. The van der Waals surface area contributed by atoms with E-state index in [-0.39, 0.29) is 17.6 Å².